The molecule has 0 radical (unpaired) electrons. The van der Waals surface area contributed by atoms with E-state index in [1.807, 2.05) is 6.92 Å². The highest BCUT2D eigenvalue weighted by atomic mass is 16.7. The summed E-state index contributed by atoms with van der Waals surface area (Å²) in [4.78, 5) is 82.9. The molecule has 2 aliphatic heterocycles. The Morgan fingerprint density at radius 1 is 1.07 bits per heavy atom. The van der Waals surface area contributed by atoms with Gasteiger partial charge < -0.3 is 50.7 Å². The predicted molar refractivity (Wildman–Crippen MR) is 193 cm³/mol. The third-order valence-corrected chi connectivity index (χ3v) is 9.56. The van der Waals surface area contributed by atoms with E-state index in [9.17, 15) is 33.9 Å². The van der Waals surface area contributed by atoms with E-state index in [1.54, 1.807) is 43.5 Å². The standard InChI is InChI=1S/C37H46N6O11/c1-5-21-22-13-20(44)10-11-26(22)41-31-23(21)15-43-28(31)14-25-24(34(43)48)16-52-35(49)37(25,6-2)54-36(50)53-33(19(3)4)42-32(47)27(9-7-8-12-38)40-30(46)18-51-17-29(39)45/h10-11,13-14,19,27,33,44H,5-9,12,15-18,38H2,1-4H3,(H2,39,45)(H,40,46)(H,42,47). The Kier molecular flexibility index (Phi) is 12.2. The van der Waals surface area contributed by atoms with Gasteiger partial charge in [-0.3, -0.25) is 19.2 Å². The minimum atomic E-state index is -2.08. The number of aromatic hydroxyl groups is 1. The first-order valence-electron chi connectivity index (χ1n) is 17.9. The topological polar surface area (TPSA) is 253 Å². The highest BCUT2D eigenvalue weighted by molar-refractivity contribution is 5.91. The average Bonchev–Trinajstić information content (AvgIpc) is 3.49. The van der Waals surface area contributed by atoms with Gasteiger partial charge in [0, 0.05) is 22.4 Å². The number of phenolic OH excluding ortho intramolecular Hbond substituents is 1. The maximum absolute atomic E-state index is 14.0. The lowest BCUT2D eigenvalue weighted by atomic mass is 9.85. The number of nitrogens with zero attached hydrogens (tertiary/aromatic N) is 2. The van der Waals surface area contributed by atoms with E-state index >= 15 is 0 Å². The van der Waals surface area contributed by atoms with Gasteiger partial charge in [0.25, 0.3) is 5.56 Å². The van der Waals surface area contributed by atoms with Crippen LogP contribution in [0.5, 0.6) is 5.75 Å². The number of ether oxygens (including phenoxy) is 4. The summed E-state index contributed by atoms with van der Waals surface area (Å²) in [6, 6.07) is 5.41. The zero-order chi connectivity index (χ0) is 39.3. The molecule has 2 aromatic heterocycles. The number of hydrogen-bond acceptors (Lipinski definition) is 13. The minimum absolute atomic E-state index is 0.0895. The van der Waals surface area contributed by atoms with Gasteiger partial charge in [-0.15, -0.1) is 0 Å². The number of primary amides is 1. The smallest absolute Gasteiger partial charge is 0.508 e. The Balaban J connectivity index is 1.41. The van der Waals surface area contributed by atoms with Gasteiger partial charge in [0.1, 0.15) is 31.6 Å². The van der Waals surface area contributed by atoms with Gasteiger partial charge in [-0.1, -0.05) is 27.7 Å². The van der Waals surface area contributed by atoms with Gasteiger partial charge in [0.15, 0.2) is 6.23 Å². The molecular formula is C37H46N6O11. The van der Waals surface area contributed by atoms with Crippen molar-refractivity contribution in [3.8, 4) is 17.1 Å². The summed E-state index contributed by atoms with van der Waals surface area (Å²) in [5.41, 5.74) is 11.7. The van der Waals surface area contributed by atoms with Crippen LogP contribution in [0.1, 0.15) is 75.6 Å². The van der Waals surface area contributed by atoms with Crippen molar-refractivity contribution in [3.05, 3.63) is 56.9 Å². The van der Waals surface area contributed by atoms with Gasteiger partial charge in [-0.2, -0.15) is 0 Å². The van der Waals surface area contributed by atoms with Crippen LogP contribution in [0, 0.1) is 5.92 Å². The highest BCUT2D eigenvalue weighted by Gasteiger charge is 2.51. The van der Waals surface area contributed by atoms with Crippen molar-refractivity contribution in [2.75, 3.05) is 19.8 Å². The molecule has 54 heavy (non-hydrogen) atoms. The van der Waals surface area contributed by atoms with E-state index < -0.39 is 72.4 Å². The first-order valence-corrected chi connectivity index (χ1v) is 17.9. The fourth-order valence-corrected chi connectivity index (χ4v) is 6.80. The normalized spacial score (nSPS) is 16.8. The van der Waals surface area contributed by atoms with E-state index in [-0.39, 0.29) is 42.9 Å². The Labute approximate surface area is 310 Å². The molecule has 0 saturated heterocycles. The quantitative estimate of drug-likeness (QED) is 0.0622. The number of aryl methyl sites for hydroxylation is 1. The molecule has 0 saturated carbocycles. The summed E-state index contributed by atoms with van der Waals surface area (Å²) in [5, 5.41) is 16.1. The van der Waals surface area contributed by atoms with Crippen molar-refractivity contribution in [1.29, 1.82) is 0 Å². The second kappa shape index (κ2) is 16.6. The summed E-state index contributed by atoms with van der Waals surface area (Å²) in [6.45, 7) is 6.12. The number of benzene rings is 1. The van der Waals surface area contributed by atoms with Gasteiger partial charge in [0.2, 0.25) is 23.3 Å². The summed E-state index contributed by atoms with van der Waals surface area (Å²) >= 11 is 0. The SMILES string of the molecule is CCc1c2c(nc3ccc(O)cc13)-c1cc3c(c(=O)n1C2)COC(=O)C3(CC)OC(=O)OC(NC(=O)C(CCCCN)NC(=O)COCC(N)=O)C(C)C. The maximum Gasteiger partial charge on any atom is 0.511 e. The van der Waals surface area contributed by atoms with Gasteiger partial charge >= 0.3 is 12.1 Å². The number of hydrogen-bond donors (Lipinski definition) is 5. The lowest BCUT2D eigenvalue weighted by molar-refractivity contribution is -0.177. The molecule has 7 N–H and O–H groups in total. The molecule has 17 nitrogen and oxygen atoms in total. The Morgan fingerprint density at radius 3 is 2.50 bits per heavy atom. The van der Waals surface area contributed by atoms with Crippen molar-refractivity contribution in [2.24, 2.45) is 17.4 Å². The third kappa shape index (κ3) is 8.01. The monoisotopic (exact) mass is 750 g/mol. The van der Waals surface area contributed by atoms with Crippen LogP contribution in [-0.2, 0) is 63.3 Å². The molecule has 3 aromatic rings. The largest absolute Gasteiger partial charge is 0.511 e. The van der Waals surface area contributed by atoms with Crippen LogP contribution >= 0.6 is 0 Å². The second-order valence-electron chi connectivity index (χ2n) is 13.5. The van der Waals surface area contributed by atoms with Crippen LogP contribution in [0.2, 0.25) is 0 Å². The van der Waals surface area contributed by atoms with Crippen molar-refractivity contribution >= 4 is 40.7 Å². The lowest BCUT2D eigenvalue weighted by Crippen LogP contribution is -2.53. The number of carbonyl (C=O) groups excluding carboxylic acids is 5. The maximum atomic E-state index is 14.0. The molecule has 1 aromatic carbocycles. The molecule has 0 aliphatic carbocycles. The minimum Gasteiger partial charge on any atom is -0.508 e. The molecule has 3 amide bonds. The molecule has 17 heteroatoms. The molecule has 0 fully saturated rings. The lowest BCUT2D eigenvalue weighted by Gasteiger charge is -2.35. The molecule has 290 valence electrons. The van der Waals surface area contributed by atoms with E-state index in [1.165, 1.54) is 6.07 Å². The fourth-order valence-electron chi connectivity index (χ4n) is 6.80. The molecule has 3 unspecified atom stereocenters. The third-order valence-electron chi connectivity index (χ3n) is 9.56. The summed E-state index contributed by atoms with van der Waals surface area (Å²) in [6.07, 6.45) is -0.877. The summed E-state index contributed by atoms with van der Waals surface area (Å²) in [7, 11) is 0. The predicted octanol–water partition coefficient (Wildman–Crippen LogP) is 1.72. The van der Waals surface area contributed by atoms with Crippen molar-refractivity contribution < 1.29 is 48.0 Å². The first-order chi connectivity index (χ1) is 25.7. The molecular weight excluding hydrogens is 704 g/mol. The van der Waals surface area contributed by atoms with Crippen LogP contribution in [0.3, 0.4) is 0 Å². The average molecular weight is 751 g/mol. The van der Waals surface area contributed by atoms with Crippen molar-refractivity contribution in [1.82, 2.24) is 20.2 Å². The number of aromatic nitrogens is 2. The van der Waals surface area contributed by atoms with E-state index in [4.69, 9.17) is 35.4 Å². The summed E-state index contributed by atoms with van der Waals surface area (Å²) in [5.74, 6) is -3.45. The Morgan fingerprint density at radius 2 is 1.83 bits per heavy atom. The highest BCUT2D eigenvalue weighted by Crippen LogP contribution is 2.42. The van der Waals surface area contributed by atoms with E-state index in [0.717, 1.165) is 16.5 Å². The number of nitrogens with one attached hydrogen (secondary N) is 2. The first kappa shape index (κ1) is 39.7. The number of cyclic esters (lactones) is 1. The number of pyridine rings is 2. The zero-order valence-electron chi connectivity index (χ0n) is 30.7. The van der Waals surface area contributed by atoms with Crippen LogP contribution in [0.25, 0.3) is 22.3 Å². The number of fused-ring (bicyclic) bond motifs is 5. The number of phenols is 1. The number of rotatable bonds is 16. The number of esters is 1. The molecule has 3 atom stereocenters. The Hall–Kier alpha value is -5.55. The molecule has 0 bridgehead atoms. The number of carbonyl (C=O) groups is 5. The Bertz CT molecular complexity index is 2030. The van der Waals surface area contributed by atoms with Crippen molar-refractivity contribution in [2.45, 2.75) is 90.8 Å². The summed E-state index contributed by atoms with van der Waals surface area (Å²) < 4.78 is 23.3. The number of nitrogens with two attached hydrogens (primary N) is 2. The second-order valence-corrected chi connectivity index (χ2v) is 13.5. The van der Waals surface area contributed by atoms with Gasteiger partial charge in [-0.25, -0.2) is 14.6 Å². The van der Waals surface area contributed by atoms with Crippen LogP contribution in [0.4, 0.5) is 4.79 Å². The zero-order valence-corrected chi connectivity index (χ0v) is 30.7. The number of unbranched alkanes of at least 4 members (excludes halogenated alkanes) is 1. The molecule has 4 heterocycles. The van der Waals surface area contributed by atoms with Gasteiger partial charge in [-0.05, 0) is 68.5 Å². The molecule has 0 spiro atoms. The number of amides is 3. The van der Waals surface area contributed by atoms with Crippen molar-refractivity contribution in [3.63, 3.8) is 0 Å². The van der Waals surface area contributed by atoms with Gasteiger partial charge in [0.05, 0.1) is 29.0 Å². The molecule has 5 rings (SSSR count). The molecule has 2 aliphatic rings. The fraction of sp³-hybridized carbons (Fsp3) is 0.486. The van der Waals surface area contributed by atoms with Crippen LogP contribution in [-0.4, -0.2) is 76.5 Å². The van der Waals surface area contributed by atoms with Crippen LogP contribution in [0.15, 0.2) is 29.1 Å². The van der Waals surface area contributed by atoms with E-state index in [0.29, 0.717) is 42.7 Å². The van der Waals surface area contributed by atoms with E-state index in [2.05, 4.69) is 10.6 Å². The van der Waals surface area contributed by atoms with Crippen LogP contribution < -0.4 is 27.7 Å².